The quantitative estimate of drug-likeness (QED) is 0.605. The van der Waals surface area contributed by atoms with Crippen LogP contribution in [0.15, 0.2) is 34.5 Å². The number of amides is 1. The molecule has 0 radical (unpaired) electrons. The summed E-state index contributed by atoms with van der Waals surface area (Å²) in [6.45, 7) is 4.08. The van der Waals surface area contributed by atoms with Crippen molar-refractivity contribution in [1.82, 2.24) is 9.62 Å². The average molecular weight is 465 g/mol. The molecule has 0 bridgehead atoms. The Kier molecular flexibility index (Phi) is 6.83. The number of sulfonamides is 1. The van der Waals surface area contributed by atoms with Crippen LogP contribution in [0.25, 0.3) is 0 Å². The molecule has 0 fully saturated rings. The molecule has 0 saturated heterocycles. The van der Waals surface area contributed by atoms with Gasteiger partial charge in [-0.15, -0.1) is 11.3 Å². The summed E-state index contributed by atoms with van der Waals surface area (Å²) in [6.07, 6.45) is 3.66. The number of nitrogens with one attached hydrogen (secondary N) is 1. The lowest BCUT2D eigenvalue weighted by molar-refractivity contribution is -0.133. The summed E-state index contributed by atoms with van der Waals surface area (Å²) >= 11 is 1.77. The maximum atomic E-state index is 12.6. The lowest BCUT2D eigenvalue weighted by Crippen LogP contribution is -2.38. The van der Waals surface area contributed by atoms with Gasteiger partial charge in [-0.2, -0.15) is 0 Å². The van der Waals surface area contributed by atoms with Crippen molar-refractivity contribution in [1.29, 1.82) is 0 Å². The predicted molar refractivity (Wildman–Crippen MR) is 119 cm³/mol. The minimum Gasteiger partial charge on any atom is -0.486 e. The van der Waals surface area contributed by atoms with Crippen LogP contribution in [-0.4, -0.2) is 45.5 Å². The summed E-state index contributed by atoms with van der Waals surface area (Å²) < 4.78 is 38.5. The van der Waals surface area contributed by atoms with Gasteiger partial charge in [-0.25, -0.2) is 13.1 Å². The summed E-state index contributed by atoms with van der Waals surface area (Å²) in [7, 11) is -3.60. The molecule has 0 spiro atoms. The van der Waals surface area contributed by atoms with Crippen LogP contribution in [0.2, 0.25) is 0 Å². The molecule has 2 aliphatic rings. The lowest BCUT2D eigenvalue weighted by atomic mass is 10.0. The predicted octanol–water partition coefficient (Wildman–Crippen LogP) is 3.50. The van der Waals surface area contributed by atoms with Gasteiger partial charge in [0.05, 0.1) is 10.9 Å². The number of ether oxygens (including phenoxy) is 2. The summed E-state index contributed by atoms with van der Waals surface area (Å²) in [5, 5.41) is 2.10. The number of rotatable bonds is 8. The molecule has 2 aromatic rings. The average Bonchev–Trinajstić information content (AvgIpc) is 3.25. The molecule has 0 aliphatic carbocycles. The van der Waals surface area contributed by atoms with E-state index in [1.807, 2.05) is 4.90 Å². The molecule has 1 amide bonds. The third-order valence-electron chi connectivity index (χ3n) is 5.78. The van der Waals surface area contributed by atoms with E-state index < -0.39 is 10.0 Å². The van der Waals surface area contributed by atoms with E-state index in [0.717, 1.165) is 25.8 Å². The number of thiophene rings is 1. The Morgan fingerprint density at radius 1 is 1.16 bits per heavy atom. The minimum atomic E-state index is -3.60. The van der Waals surface area contributed by atoms with Crippen molar-refractivity contribution in [3.63, 3.8) is 0 Å². The van der Waals surface area contributed by atoms with Gasteiger partial charge in [0.2, 0.25) is 15.9 Å². The zero-order valence-corrected chi connectivity index (χ0v) is 19.3. The van der Waals surface area contributed by atoms with Gasteiger partial charge in [0.1, 0.15) is 13.2 Å². The van der Waals surface area contributed by atoms with Gasteiger partial charge in [-0.05, 0) is 55.3 Å². The topological polar surface area (TPSA) is 84.9 Å². The fourth-order valence-electron chi connectivity index (χ4n) is 4.05. The zero-order valence-electron chi connectivity index (χ0n) is 17.6. The molecule has 0 unspecified atom stereocenters. The summed E-state index contributed by atoms with van der Waals surface area (Å²) in [5.41, 5.74) is 1.28. The molecular formula is C22H28N2O5S2. The highest BCUT2D eigenvalue weighted by Gasteiger charge is 2.27. The first-order valence-electron chi connectivity index (χ1n) is 10.7. The lowest BCUT2D eigenvalue weighted by Gasteiger charge is -2.33. The minimum absolute atomic E-state index is 0.139. The van der Waals surface area contributed by atoms with Crippen LogP contribution in [0.5, 0.6) is 11.5 Å². The number of benzene rings is 1. The highest BCUT2D eigenvalue weighted by atomic mass is 32.2. The highest BCUT2D eigenvalue weighted by Crippen LogP contribution is 2.33. The van der Waals surface area contributed by atoms with Crippen molar-refractivity contribution in [3.05, 3.63) is 40.1 Å². The summed E-state index contributed by atoms with van der Waals surface area (Å²) in [5.74, 6) is 1.20. The number of carbonyl (C=O) groups is 1. The van der Waals surface area contributed by atoms with Gasteiger partial charge in [0.15, 0.2) is 11.5 Å². The molecule has 0 saturated carbocycles. The normalized spacial score (nSPS) is 18.0. The molecule has 31 heavy (non-hydrogen) atoms. The second-order valence-corrected chi connectivity index (χ2v) is 10.6. The largest absolute Gasteiger partial charge is 0.486 e. The number of hydrogen-bond donors (Lipinski definition) is 1. The highest BCUT2D eigenvalue weighted by molar-refractivity contribution is 7.89. The standard InChI is InChI=1S/C22H28N2O5S2/c1-16-18-9-14-30-21(18)8-11-24(16)22(25)5-3-2-4-10-23-31(26,27)17-6-7-19-20(15-17)29-13-12-28-19/h6-7,9,14-16,23H,2-5,8,10-13H2,1H3/t16-/m0/s1. The van der Waals surface area contributed by atoms with E-state index in [0.29, 0.717) is 44.1 Å². The summed E-state index contributed by atoms with van der Waals surface area (Å²) in [6, 6.07) is 6.90. The summed E-state index contributed by atoms with van der Waals surface area (Å²) in [4.78, 5) is 16.2. The number of fused-ring (bicyclic) bond motifs is 2. The first-order chi connectivity index (χ1) is 15.0. The molecule has 2 aliphatic heterocycles. The SMILES string of the molecule is C[C@H]1c2ccsc2CCN1C(=O)CCCCCNS(=O)(=O)c1ccc2c(c1)OCCO2. The van der Waals surface area contributed by atoms with E-state index in [4.69, 9.17) is 9.47 Å². The second-order valence-electron chi connectivity index (χ2n) is 7.83. The van der Waals surface area contributed by atoms with E-state index in [2.05, 4.69) is 23.1 Å². The molecular weight excluding hydrogens is 436 g/mol. The Labute approximate surface area is 187 Å². The van der Waals surface area contributed by atoms with E-state index in [9.17, 15) is 13.2 Å². The molecule has 1 aromatic carbocycles. The number of nitrogens with zero attached hydrogens (tertiary/aromatic N) is 1. The fourth-order valence-corrected chi connectivity index (χ4v) is 6.10. The van der Waals surface area contributed by atoms with Crippen LogP contribution < -0.4 is 14.2 Å². The van der Waals surface area contributed by atoms with E-state index >= 15 is 0 Å². The zero-order chi connectivity index (χ0) is 21.8. The van der Waals surface area contributed by atoms with Gasteiger partial charge < -0.3 is 14.4 Å². The maximum absolute atomic E-state index is 12.6. The number of unbranched alkanes of at least 4 members (excludes halogenated alkanes) is 2. The van der Waals surface area contributed by atoms with Crippen molar-refractivity contribution in [2.75, 3.05) is 26.3 Å². The first-order valence-corrected chi connectivity index (χ1v) is 13.1. The molecule has 4 rings (SSSR count). The van der Waals surface area contributed by atoms with Gasteiger partial charge in [0.25, 0.3) is 0 Å². The second kappa shape index (κ2) is 9.58. The molecule has 7 nitrogen and oxygen atoms in total. The van der Waals surface area contributed by atoms with Gasteiger partial charge in [0, 0.05) is 30.5 Å². The Hall–Kier alpha value is -2.10. The number of hydrogen-bond acceptors (Lipinski definition) is 6. The van der Waals surface area contributed by atoms with Crippen LogP contribution in [-0.2, 0) is 21.2 Å². The Morgan fingerprint density at radius 2 is 1.97 bits per heavy atom. The molecule has 9 heteroatoms. The number of carbonyl (C=O) groups excluding carboxylic acids is 1. The molecule has 168 valence electrons. The van der Waals surface area contributed by atoms with Crippen molar-refractivity contribution in [2.45, 2.75) is 50.0 Å². The third-order valence-corrected chi connectivity index (χ3v) is 8.24. The first kappa shape index (κ1) is 22.1. The third kappa shape index (κ3) is 5.05. The monoisotopic (exact) mass is 464 g/mol. The van der Waals surface area contributed by atoms with Crippen LogP contribution in [0.3, 0.4) is 0 Å². The van der Waals surface area contributed by atoms with E-state index in [1.54, 1.807) is 17.4 Å². The smallest absolute Gasteiger partial charge is 0.240 e. The van der Waals surface area contributed by atoms with Gasteiger partial charge >= 0.3 is 0 Å². The molecule has 1 atom stereocenters. The van der Waals surface area contributed by atoms with Crippen LogP contribution in [0.1, 0.15) is 49.1 Å². The van der Waals surface area contributed by atoms with Crippen molar-refractivity contribution in [2.24, 2.45) is 0 Å². The van der Waals surface area contributed by atoms with Crippen molar-refractivity contribution < 1.29 is 22.7 Å². The van der Waals surface area contributed by atoms with Crippen molar-refractivity contribution >= 4 is 27.3 Å². The van der Waals surface area contributed by atoms with Crippen molar-refractivity contribution in [3.8, 4) is 11.5 Å². The van der Waals surface area contributed by atoms with E-state index in [1.165, 1.54) is 22.6 Å². The van der Waals surface area contributed by atoms with Crippen LogP contribution in [0, 0.1) is 0 Å². The maximum Gasteiger partial charge on any atom is 0.240 e. The molecule has 1 N–H and O–H groups in total. The van der Waals surface area contributed by atoms with Gasteiger partial charge in [-0.3, -0.25) is 4.79 Å². The fraction of sp³-hybridized carbons (Fsp3) is 0.500. The molecule has 1 aromatic heterocycles. The van der Waals surface area contributed by atoms with Crippen LogP contribution >= 0.6 is 11.3 Å². The Balaban J connectivity index is 1.19. The van der Waals surface area contributed by atoms with Crippen LogP contribution in [0.4, 0.5) is 0 Å². The Bertz CT molecular complexity index is 1030. The Morgan fingerprint density at radius 3 is 2.81 bits per heavy atom. The van der Waals surface area contributed by atoms with Gasteiger partial charge in [-0.1, -0.05) is 6.42 Å². The van der Waals surface area contributed by atoms with E-state index in [-0.39, 0.29) is 16.8 Å². The molecule has 3 heterocycles.